The highest BCUT2D eigenvalue weighted by atomic mass is 28.4. The van der Waals surface area contributed by atoms with E-state index in [1.807, 2.05) is 6.55 Å². The molecule has 102 valence electrons. The van der Waals surface area contributed by atoms with E-state index in [0.717, 1.165) is 12.1 Å². The zero-order chi connectivity index (χ0) is 13.8. The molecule has 0 fully saturated rings. The summed E-state index contributed by atoms with van der Waals surface area (Å²) in [5.74, 6) is -3.72. The van der Waals surface area contributed by atoms with Gasteiger partial charge in [-0.2, -0.15) is 0 Å². The predicted octanol–water partition coefficient (Wildman–Crippen LogP) is 3.40. The first kappa shape index (κ1) is 15.2. The number of halogens is 3. The van der Waals surface area contributed by atoms with Crippen LogP contribution in [0.2, 0.25) is 12.6 Å². The van der Waals surface area contributed by atoms with Crippen LogP contribution >= 0.6 is 0 Å². The van der Waals surface area contributed by atoms with Crippen LogP contribution in [0, 0.1) is 17.5 Å². The Morgan fingerprint density at radius 2 is 1.56 bits per heavy atom. The molecule has 0 aliphatic heterocycles. The summed E-state index contributed by atoms with van der Waals surface area (Å²) in [6, 6.07) is 2.76. The van der Waals surface area contributed by atoms with Crippen LogP contribution in [0.25, 0.3) is 0 Å². The SMILES string of the molecule is CO[Si](C)(CCCc1cc(F)c(F)c(F)c1)OC. The Labute approximate surface area is 106 Å². The molecule has 0 saturated heterocycles. The molecule has 0 aliphatic carbocycles. The Morgan fingerprint density at radius 3 is 2.00 bits per heavy atom. The fraction of sp³-hybridized carbons (Fsp3) is 0.500. The summed E-state index contributed by atoms with van der Waals surface area (Å²) in [7, 11) is 1.03. The lowest BCUT2D eigenvalue weighted by atomic mass is 10.1. The number of hydrogen-bond acceptors (Lipinski definition) is 2. The van der Waals surface area contributed by atoms with Gasteiger partial charge in [0.1, 0.15) is 0 Å². The van der Waals surface area contributed by atoms with Crippen molar-refractivity contribution in [1.29, 1.82) is 0 Å². The monoisotopic (exact) mass is 278 g/mol. The minimum absolute atomic E-state index is 0.440. The van der Waals surface area contributed by atoms with Gasteiger partial charge in [0, 0.05) is 14.2 Å². The van der Waals surface area contributed by atoms with Gasteiger partial charge in [-0.05, 0) is 43.1 Å². The van der Waals surface area contributed by atoms with E-state index in [1.165, 1.54) is 0 Å². The summed E-state index contributed by atoms with van der Waals surface area (Å²) in [6.07, 6.45) is 1.14. The number of aryl methyl sites for hydroxylation is 1. The van der Waals surface area contributed by atoms with Crippen LogP contribution in [-0.4, -0.2) is 22.8 Å². The molecule has 1 rings (SSSR count). The van der Waals surface area contributed by atoms with Gasteiger partial charge in [-0.1, -0.05) is 0 Å². The lowest BCUT2D eigenvalue weighted by Gasteiger charge is -2.22. The molecular formula is C12H17F3O2Si. The highest BCUT2D eigenvalue weighted by Crippen LogP contribution is 2.19. The summed E-state index contributed by atoms with van der Waals surface area (Å²) in [4.78, 5) is 0. The molecule has 2 nitrogen and oxygen atoms in total. The second-order valence-corrected chi connectivity index (χ2v) is 7.85. The molecule has 0 saturated carbocycles. The first-order valence-electron chi connectivity index (χ1n) is 5.65. The predicted molar refractivity (Wildman–Crippen MR) is 65.1 cm³/mol. The highest BCUT2D eigenvalue weighted by molar-refractivity contribution is 6.65. The smallest absolute Gasteiger partial charge is 0.334 e. The van der Waals surface area contributed by atoms with Gasteiger partial charge in [0.25, 0.3) is 0 Å². The molecule has 0 unspecified atom stereocenters. The van der Waals surface area contributed by atoms with Crippen LogP contribution in [0.3, 0.4) is 0 Å². The van der Waals surface area contributed by atoms with Crippen LogP contribution in [0.4, 0.5) is 13.2 Å². The maximum atomic E-state index is 13.0. The fourth-order valence-electron chi connectivity index (χ4n) is 1.65. The quantitative estimate of drug-likeness (QED) is 0.586. The van der Waals surface area contributed by atoms with Gasteiger partial charge in [0.2, 0.25) is 0 Å². The van der Waals surface area contributed by atoms with Crippen molar-refractivity contribution < 1.29 is 22.0 Å². The molecule has 0 atom stereocenters. The third-order valence-electron chi connectivity index (χ3n) is 3.00. The first-order chi connectivity index (χ1) is 8.41. The topological polar surface area (TPSA) is 18.5 Å². The standard InChI is InChI=1S/C12H17F3O2Si/c1-16-18(3,17-2)6-4-5-9-7-10(13)12(15)11(14)8-9/h7-8H,4-6H2,1-3H3. The summed E-state index contributed by atoms with van der Waals surface area (Å²) in [5, 5.41) is 0. The van der Waals surface area contributed by atoms with Gasteiger partial charge in [0.15, 0.2) is 17.5 Å². The third-order valence-corrected chi connectivity index (χ3v) is 5.99. The van der Waals surface area contributed by atoms with Gasteiger partial charge in [-0.3, -0.25) is 0 Å². The van der Waals surface area contributed by atoms with Crippen molar-refractivity contribution in [1.82, 2.24) is 0 Å². The maximum Gasteiger partial charge on any atom is 0.334 e. The summed E-state index contributed by atoms with van der Waals surface area (Å²) < 4.78 is 49.3. The molecular weight excluding hydrogens is 261 g/mol. The third kappa shape index (κ3) is 3.83. The van der Waals surface area contributed by atoms with Crippen LogP contribution < -0.4 is 0 Å². The van der Waals surface area contributed by atoms with E-state index in [1.54, 1.807) is 14.2 Å². The van der Waals surface area contributed by atoms with E-state index in [2.05, 4.69) is 0 Å². The molecule has 0 N–H and O–H groups in total. The molecule has 6 heteroatoms. The molecule has 0 bridgehead atoms. The molecule has 0 aromatic heterocycles. The van der Waals surface area contributed by atoms with E-state index in [9.17, 15) is 13.2 Å². The first-order valence-corrected chi connectivity index (χ1v) is 8.18. The molecule has 0 aliphatic rings. The second-order valence-electron chi connectivity index (χ2n) is 4.27. The van der Waals surface area contributed by atoms with Gasteiger partial charge in [-0.15, -0.1) is 0 Å². The zero-order valence-corrected chi connectivity index (χ0v) is 11.7. The second kappa shape index (κ2) is 6.35. The van der Waals surface area contributed by atoms with Crippen LogP contribution in [0.15, 0.2) is 12.1 Å². The summed E-state index contributed by atoms with van der Waals surface area (Å²) >= 11 is 0. The van der Waals surface area contributed by atoms with Crippen LogP contribution in [-0.2, 0) is 15.3 Å². The van der Waals surface area contributed by atoms with Crippen molar-refractivity contribution in [2.45, 2.75) is 25.4 Å². The normalized spacial score (nSPS) is 11.9. The van der Waals surface area contributed by atoms with Crippen molar-refractivity contribution in [3.05, 3.63) is 35.1 Å². The molecule has 1 aromatic carbocycles. The highest BCUT2D eigenvalue weighted by Gasteiger charge is 2.27. The average Bonchev–Trinajstić information content (AvgIpc) is 2.35. The molecule has 0 heterocycles. The van der Waals surface area contributed by atoms with E-state index < -0.39 is 26.0 Å². The summed E-state index contributed by atoms with van der Waals surface area (Å²) in [6.45, 7) is 1.92. The average molecular weight is 278 g/mol. The molecule has 1 aromatic rings. The van der Waals surface area contributed by atoms with E-state index in [-0.39, 0.29) is 0 Å². The Kier molecular flexibility index (Phi) is 5.37. The van der Waals surface area contributed by atoms with Crippen molar-refractivity contribution in [2.24, 2.45) is 0 Å². The van der Waals surface area contributed by atoms with Crippen LogP contribution in [0.5, 0.6) is 0 Å². The molecule has 18 heavy (non-hydrogen) atoms. The lowest BCUT2D eigenvalue weighted by molar-refractivity contribution is 0.248. The fourth-order valence-corrected chi connectivity index (χ4v) is 3.05. The van der Waals surface area contributed by atoms with Gasteiger partial charge in [-0.25, -0.2) is 13.2 Å². The minimum atomic E-state index is -2.15. The van der Waals surface area contributed by atoms with Crippen molar-refractivity contribution in [3.8, 4) is 0 Å². The minimum Gasteiger partial charge on any atom is -0.398 e. The Hall–Kier alpha value is -0.853. The molecule has 0 radical (unpaired) electrons. The van der Waals surface area contributed by atoms with Crippen LogP contribution in [0.1, 0.15) is 12.0 Å². The van der Waals surface area contributed by atoms with Gasteiger partial charge >= 0.3 is 8.56 Å². The van der Waals surface area contributed by atoms with E-state index in [4.69, 9.17) is 8.85 Å². The lowest BCUT2D eigenvalue weighted by Crippen LogP contribution is -2.35. The van der Waals surface area contributed by atoms with Gasteiger partial charge in [0.05, 0.1) is 0 Å². The van der Waals surface area contributed by atoms with E-state index >= 15 is 0 Å². The molecule has 0 spiro atoms. The molecule has 0 amide bonds. The number of benzene rings is 1. The van der Waals surface area contributed by atoms with Crippen molar-refractivity contribution in [2.75, 3.05) is 14.2 Å². The van der Waals surface area contributed by atoms with E-state index in [0.29, 0.717) is 24.4 Å². The van der Waals surface area contributed by atoms with Crippen molar-refractivity contribution >= 4 is 8.56 Å². The maximum absolute atomic E-state index is 13.0. The number of hydrogen-bond donors (Lipinski definition) is 0. The Bertz CT molecular complexity index is 385. The van der Waals surface area contributed by atoms with Gasteiger partial charge < -0.3 is 8.85 Å². The zero-order valence-electron chi connectivity index (χ0n) is 10.7. The Balaban J connectivity index is 2.60. The number of rotatable bonds is 6. The summed E-state index contributed by atoms with van der Waals surface area (Å²) in [5.41, 5.74) is 0.440. The largest absolute Gasteiger partial charge is 0.398 e. The van der Waals surface area contributed by atoms with Crippen molar-refractivity contribution in [3.63, 3.8) is 0 Å². The Morgan fingerprint density at radius 1 is 1.06 bits per heavy atom.